The van der Waals surface area contributed by atoms with E-state index in [0.717, 1.165) is 32.7 Å². The van der Waals surface area contributed by atoms with Gasteiger partial charge in [0, 0.05) is 19.1 Å². The van der Waals surface area contributed by atoms with Crippen molar-refractivity contribution < 1.29 is 4.74 Å². The molecule has 1 aromatic rings. The molecule has 2 rings (SSSR count). The Kier molecular flexibility index (Phi) is 5.31. The van der Waals surface area contributed by atoms with Crippen molar-refractivity contribution >= 4 is 23.2 Å². The Bertz CT molecular complexity index is 397. The molecule has 0 spiro atoms. The first-order chi connectivity index (χ1) is 8.72. The van der Waals surface area contributed by atoms with Crippen LogP contribution in [0.25, 0.3) is 0 Å². The summed E-state index contributed by atoms with van der Waals surface area (Å²) in [6.45, 7) is 5.65. The summed E-state index contributed by atoms with van der Waals surface area (Å²) in [5, 5.41) is 4.69. The molecule has 0 radical (unpaired) electrons. The minimum absolute atomic E-state index is 0.507. The Morgan fingerprint density at radius 1 is 1.33 bits per heavy atom. The van der Waals surface area contributed by atoms with Crippen LogP contribution in [-0.2, 0) is 4.74 Å². The predicted molar refractivity (Wildman–Crippen MR) is 76.7 cm³/mol. The van der Waals surface area contributed by atoms with Crippen molar-refractivity contribution in [1.29, 1.82) is 0 Å². The molecule has 1 aliphatic heterocycles. The maximum absolute atomic E-state index is 6.11. The molecule has 0 aromatic heterocycles. The van der Waals surface area contributed by atoms with Crippen LogP contribution in [0.1, 0.15) is 24.8 Å². The van der Waals surface area contributed by atoms with E-state index < -0.39 is 0 Å². The third-order valence-electron chi connectivity index (χ3n) is 3.52. The summed E-state index contributed by atoms with van der Waals surface area (Å²) in [6.07, 6.45) is 1.12. The summed E-state index contributed by atoms with van der Waals surface area (Å²) in [7, 11) is 0. The highest BCUT2D eigenvalue weighted by Gasteiger charge is 2.26. The minimum atomic E-state index is 0.507. The molecule has 0 unspecified atom stereocenters. The van der Waals surface area contributed by atoms with Crippen molar-refractivity contribution in [3.8, 4) is 0 Å². The molecular formula is C14H19Cl2NO. The summed E-state index contributed by atoms with van der Waals surface area (Å²) >= 11 is 12.1. The second kappa shape index (κ2) is 6.76. The molecule has 0 saturated carbocycles. The maximum atomic E-state index is 6.11. The van der Waals surface area contributed by atoms with Crippen LogP contribution in [0.3, 0.4) is 0 Å². The number of piperidine rings is 1. The molecule has 1 heterocycles. The lowest BCUT2D eigenvalue weighted by Gasteiger charge is -2.32. The SMILES string of the molecule is CCOC[C@@H]1CNCC[C@@H]1c1ccc(Cl)c(Cl)c1. The quantitative estimate of drug-likeness (QED) is 0.911. The molecule has 1 saturated heterocycles. The summed E-state index contributed by atoms with van der Waals surface area (Å²) in [6, 6.07) is 5.97. The predicted octanol–water partition coefficient (Wildman–Crippen LogP) is 3.72. The van der Waals surface area contributed by atoms with Gasteiger partial charge in [0.1, 0.15) is 0 Å². The van der Waals surface area contributed by atoms with Crippen molar-refractivity contribution in [3.05, 3.63) is 33.8 Å². The van der Waals surface area contributed by atoms with Crippen LogP contribution in [0.4, 0.5) is 0 Å². The fraction of sp³-hybridized carbons (Fsp3) is 0.571. The van der Waals surface area contributed by atoms with E-state index in [0.29, 0.717) is 21.9 Å². The third kappa shape index (κ3) is 3.39. The standard InChI is InChI=1S/C14H19Cl2NO/c1-2-18-9-11-8-17-6-5-12(11)10-3-4-13(15)14(16)7-10/h3-4,7,11-12,17H,2,5-6,8-9H2,1H3/t11-,12+/m0/s1. The maximum Gasteiger partial charge on any atom is 0.0595 e. The molecular weight excluding hydrogens is 269 g/mol. The van der Waals surface area contributed by atoms with Gasteiger partial charge in [-0.1, -0.05) is 29.3 Å². The van der Waals surface area contributed by atoms with Gasteiger partial charge in [-0.25, -0.2) is 0 Å². The van der Waals surface area contributed by atoms with E-state index in [1.165, 1.54) is 5.56 Å². The fourth-order valence-electron chi connectivity index (χ4n) is 2.55. The molecule has 0 aliphatic carbocycles. The Balaban J connectivity index is 2.14. The van der Waals surface area contributed by atoms with E-state index >= 15 is 0 Å². The number of hydrogen-bond acceptors (Lipinski definition) is 2. The highest BCUT2D eigenvalue weighted by Crippen LogP contribution is 2.34. The Labute approximate surface area is 119 Å². The second-order valence-corrected chi connectivity index (χ2v) is 5.51. The van der Waals surface area contributed by atoms with E-state index in [-0.39, 0.29) is 0 Å². The van der Waals surface area contributed by atoms with E-state index in [9.17, 15) is 0 Å². The molecule has 0 amide bonds. The molecule has 2 nitrogen and oxygen atoms in total. The lowest BCUT2D eigenvalue weighted by atomic mass is 9.81. The average molecular weight is 288 g/mol. The Morgan fingerprint density at radius 2 is 2.17 bits per heavy atom. The van der Waals surface area contributed by atoms with Crippen LogP contribution in [0.15, 0.2) is 18.2 Å². The smallest absolute Gasteiger partial charge is 0.0595 e. The van der Waals surface area contributed by atoms with Crippen molar-refractivity contribution in [2.75, 3.05) is 26.3 Å². The van der Waals surface area contributed by atoms with Gasteiger partial charge in [0.2, 0.25) is 0 Å². The van der Waals surface area contributed by atoms with Gasteiger partial charge in [-0.3, -0.25) is 0 Å². The second-order valence-electron chi connectivity index (χ2n) is 4.69. The Hall–Kier alpha value is -0.280. The zero-order chi connectivity index (χ0) is 13.0. The highest BCUT2D eigenvalue weighted by atomic mass is 35.5. The fourth-order valence-corrected chi connectivity index (χ4v) is 2.86. The van der Waals surface area contributed by atoms with Gasteiger partial charge < -0.3 is 10.1 Å². The summed E-state index contributed by atoms with van der Waals surface area (Å²) in [5.41, 5.74) is 1.27. The molecule has 0 bridgehead atoms. The topological polar surface area (TPSA) is 21.3 Å². The molecule has 4 heteroatoms. The molecule has 2 atom stereocenters. The van der Waals surface area contributed by atoms with Crippen LogP contribution in [0.5, 0.6) is 0 Å². The van der Waals surface area contributed by atoms with Crippen LogP contribution >= 0.6 is 23.2 Å². The number of hydrogen-bond donors (Lipinski definition) is 1. The van der Waals surface area contributed by atoms with E-state index in [2.05, 4.69) is 11.4 Å². The third-order valence-corrected chi connectivity index (χ3v) is 4.25. The van der Waals surface area contributed by atoms with E-state index in [1.807, 2.05) is 19.1 Å². The largest absolute Gasteiger partial charge is 0.381 e. The zero-order valence-corrected chi connectivity index (χ0v) is 12.1. The van der Waals surface area contributed by atoms with Gasteiger partial charge in [-0.05, 0) is 43.5 Å². The van der Waals surface area contributed by atoms with E-state index in [1.54, 1.807) is 0 Å². The molecule has 1 N–H and O–H groups in total. The van der Waals surface area contributed by atoms with Gasteiger partial charge in [0.25, 0.3) is 0 Å². The number of rotatable bonds is 4. The first-order valence-electron chi connectivity index (χ1n) is 6.45. The molecule has 100 valence electrons. The van der Waals surface area contributed by atoms with Crippen molar-refractivity contribution in [2.24, 2.45) is 5.92 Å². The van der Waals surface area contributed by atoms with E-state index in [4.69, 9.17) is 27.9 Å². The summed E-state index contributed by atoms with van der Waals surface area (Å²) in [5.74, 6) is 1.02. The number of nitrogens with one attached hydrogen (secondary N) is 1. The van der Waals surface area contributed by atoms with Crippen LogP contribution in [0.2, 0.25) is 10.0 Å². The molecule has 1 fully saturated rings. The zero-order valence-electron chi connectivity index (χ0n) is 10.6. The Morgan fingerprint density at radius 3 is 2.89 bits per heavy atom. The normalized spacial score (nSPS) is 24.2. The van der Waals surface area contributed by atoms with Crippen LogP contribution < -0.4 is 5.32 Å². The summed E-state index contributed by atoms with van der Waals surface area (Å²) in [4.78, 5) is 0. The first-order valence-corrected chi connectivity index (χ1v) is 7.21. The van der Waals surface area contributed by atoms with Crippen LogP contribution in [-0.4, -0.2) is 26.3 Å². The first kappa shape index (κ1) is 14.1. The van der Waals surface area contributed by atoms with Crippen molar-refractivity contribution in [1.82, 2.24) is 5.32 Å². The highest BCUT2D eigenvalue weighted by molar-refractivity contribution is 6.42. The van der Waals surface area contributed by atoms with Gasteiger partial charge in [-0.2, -0.15) is 0 Å². The van der Waals surface area contributed by atoms with Crippen LogP contribution in [0, 0.1) is 5.92 Å². The molecule has 18 heavy (non-hydrogen) atoms. The van der Waals surface area contributed by atoms with Gasteiger partial charge >= 0.3 is 0 Å². The average Bonchev–Trinajstić information content (AvgIpc) is 2.40. The number of benzene rings is 1. The van der Waals surface area contributed by atoms with Crippen molar-refractivity contribution in [2.45, 2.75) is 19.3 Å². The van der Waals surface area contributed by atoms with Crippen molar-refractivity contribution in [3.63, 3.8) is 0 Å². The summed E-state index contributed by atoms with van der Waals surface area (Å²) < 4.78 is 5.58. The minimum Gasteiger partial charge on any atom is -0.381 e. The van der Waals surface area contributed by atoms with Gasteiger partial charge in [0.15, 0.2) is 0 Å². The van der Waals surface area contributed by atoms with Gasteiger partial charge in [0.05, 0.1) is 16.7 Å². The number of ether oxygens (including phenoxy) is 1. The number of halogens is 2. The molecule has 1 aliphatic rings. The lowest BCUT2D eigenvalue weighted by Crippen LogP contribution is -2.37. The monoisotopic (exact) mass is 287 g/mol. The van der Waals surface area contributed by atoms with Gasteiger partial charge in [-0.15, -0.1) is 0 Å². The molecule has 1 aromatic carbocycles. The lowest BCUT2D eigenvalue weighted by molar-refractivity contribution is 0.0902.